The molecule has 7 nitrogen and oxygen atoms in total. The van der Waals surface area contributed by atoms with Crippen LogP contribution in [0.1, 0.15) is 22.9 Å². The number of hydrogen-bond acceptors (Lipinski definition) is 6. The maximum Gasteiger partial charge on any atom is 0.259 e. The van der Waals surface area contributed by atoms with E-state index in [1.54, 1.807) is 23.9 Å². The molecule has 0 amide bonds. The molecular formula is C25H30N4O3. The standard InChI is InChI=1S/C25H30N4O3/c1-19-18-21(30)23(25(31)29(19)16-17-32-2)24(20-8-4-3-5-9-20)28-14-12-27(13-15-28)22-10-6-7-11-26-22/h3-11,18,24,30H,12-17H2,1-2H3/t24-/m1/s1. The van der Waals surface area contributed by atoms with E-state index in [0.717, 1.165) is 43.3 Å². The van der Waals surface area contributed by atoms with Gasteiger partial charge in [0.15, 0.2) is 0 Å². The summed E-state index contributed by atoms with van der Waals surface area (Å²) in [5.41, 5.74) is 1.97. The van der Waals surface area contributed by atoms with Gasteiger partial charge in [-0.1, -0.05) is 36.4 Å². The van der Waals surface area contributed by atoms with Gasteiger partial charge < -0.3 is 19.3 Å². The Balaban J connectivity index is 1.70. The molecule has 1 saturated heterocycles. The van der Waals surface area contributed by atoms with Crippen molar-refractivity contribution in [3.63, 3.8) is 0 Å². The van der Waals surface area contributed by atoms with Crippen molar-refractivity contribution < 1.29 is 9.84 Å². The third-order valence-corrected chi connectivity index (χ3v) is 6.08. The highest BCUT2D eigenvalue weighted by atomic mass is 16.5. The van der Waals surface area contributed by atoms with Gasteiger partial charge in [0.1, 0.15) is 11.6 Å². The van der Waals surface area contributed by atoms with Crippen LogP contribution in [0, 0.1) is 6.92 Å². The summed E-state index contributed by atoms with van der Waals surface area (Å²) >= 11 is 0. The van der Waals surface area contributed by atoms with Crippen molar-refractivity contribution in [2.45, 2.75) is 19.5 Å². The molecule has 4 rings (SSSR count). The van der Waals surface area contributed by atoms with Crippen molar-refractivity contribution >= 4 is 5.82 Å². The molecule has 3 heterocycles. The molecule has 0 unspecified atom stereocenters. The summed E-state index contributed by atoms with van der Waals surface area (Å²) in [6.07, 6.45) is 1.81. The molecule has 1 N–H and O–H groups in total. The summed E-state index contributed by atoms with van der Waals surface area (Å²) in [7, 11) is 1.62. The van der Waals surface area contributed by atoms with Crippen LogP contribution in [-0.2, 0) is 11.3 Å². The predicted octanol–water partition coefficient (Wildman–Crippen LogP) is 2.82. The first kappa shape index (κ1) is 22.0. The number of ether oxygens (including phenoxy) is 1. The van der Waals surface area contributed by atoms with Crippen LogP contribution in [0.25, 0.3) is 0 Å². The molecule has 7 heteroatoms. The number of aromatic nitrogens is 2. The van der Waals surface area contributed by atoms with E-state index >= 15 is 0 Å². The summed E-state index contributed by atoms with van der Waals surface area (Å²) in [5, 5.41) is 10.9. The minimum Gasteiger partial charge on any atom is -0.507 e. The molecule has 1 aliphatic heterocycles. The zero-order chi connectivity index (χ0) is 22.5. The average Bonchev–Trinajstić information content (AvgIpc) is 2.83. The molecule has 0 bridgehead atoms. The van der Waals surface area contributed by atoms with E-state index in [0.29, 0.717) is 18.7 Å². The SMILES string of the molecule is COCCn1c(C)cc(O)c([C@@H](c2ccccc2)N2CCN(c3ccccn3)CC2)c1=O. The largest absolute Gasteiger partial charge is 0.507 e. The number of anilines is 1. The maximum atomic E-state index is 13.6. The van der Waals surface area contributed by atoms with E-state index in [1.807, 2.05) is 55.5 Å². The van der Waals surface area contributed by atoms with E-state index < -0.39 is 0 Å². The van der Waals surface area contributed by atoms with Crippen LogP contribution in [0.15, 0.2) is 65.6 Å². The molecular weight excluding hydrogens is 404 g/mol. The number of pyridine rings is 2. The smallest absolute Gasteiger partial charge is 0.259 e. The van der Waals surface area contributed by atoms with Crippen molar-refractivity contribution in [1.29, 1.82) is 0 Å². The number of piperazine rings is 1. The number of methoxy groups -OCH3 is 1. The Labute approximate surface area is 188 Å². The fraction of sp³-hybridized carbons (Fsp3) is 0.360. The lowest BCUT2D eigenvalue weighted by Crippen LogP contribution is -2.49. The monoisotopic (exact) mass is 434 g/mol. The lowest BCUT2D eigenvalue weighted by atomic mass is 9.96. The van der Waals surface area contributed by atoms with Crippen molar-refractivity contribution in [3.05, 3.63) is 88.0 Å². The second-order valence-corrected chi connectivity index (χ2v) is 8.06. The topological polar surface area (TPSA) is 70.8 Å². The van der Waals surface area contributed by atoms with Crippen LogP contribution in [0.4, 0.5) is 5.82 Å². The average molecular weight is 435 g/mol. The molecule has 0 saturated carbocycles. The third kappa shape index (κ3) is 4.54. The fourth-order valence-electron chi connectivity index (χ4n) is 4.43. The van der Waals surface area contributed by atoms with E-state index in [2.05, 4.69) is 14.8 Å². The number of rotatable bonds is 7. The zero-order valence-electron chi connectivity index (χ0n) is 18.6. The van der Waals surface area contributed by atoms with Gasteiger partial charge in [-0.05, 0) is 30.7 Å². The predicted molar refractivity (Wildman–Crippen MR) is 125 cm³/mol. The fourth-order valence-corrected chi connectivity index (χ4v) is 4.43. The van der Waals surface area contributed by atoms with Gasteiger partial charge in [0, 0.05) is 51.7 Å². The van der Waals surface area contributed by atoms with Crippen molar-refractivity contribution in [1.82, 2.24) is 14.5 Å². The number of hydrogen-bond donors (Lipinski definition) is 1. The first-order valence-electron chi connectivity index (χ1n) is 11.0. The van der Waals surface area contributed by atoms with Crippen LogP contribution >= 0.6 is 0 Å². The van der Waals surface area contributed by atoms with Crippen molar-refractivity contribution in [2.24, 2.45) is 0 Å². The molecule has 1 aromatic carbocycles. The summed E-state index contributed by atoms with van der Waals surface area (Å²) in [6, 6.07) is 17.2. The quantitative estimate of drug-likeness (QED) is 0.617. The number of nitrogens with zero attached hydrogens (tertiary/aromatic N) is 4. The molecule has 168 valence electrons. The van der Waals surface area contributed by atoms with Crippen LogP contribution in [-0.4, -0.2) is 59.5 Å². The van der Waals surface area contributed by atoms with Crippen LogP contribution in [0.2, 0.25) is 0 Å². The lowest BCUT2D eigenvalue weighted by Gasteiger charge is -2.40. The number of benzene rings is 1. The van der Waals surface area contributed by atoms with E-state index in [1.165, 1.54) is 0 Å². The number of aryl methyl sites for hydroxylation is 1. The van der Waals surface area contributed by atoms with Crippen LogP contribution in [0.5, 0.6) is 5.75 Å². The summed E-state index contributed by atoms with van der Waals surface area (Å²) in [4.78, 5) is 22.6. The molecule has 1 aliphatic rings. The second kappa shape index (κ2) is 9.97. The Morgan fingerprint density at radius 3 is 2.44 bits per heavy atom. The minimum absolute atomic E-state index is 0.0437. The lowest BCUT2D eigenvalue weighted by molar-refractivity contribution is 0.183. The van der Waals surface area contributed by atoms with E-state index in [4.69, 9.17) is 4.74 Å². The first-order valence-corrected chi connectivity index (χ1v) is 11.0. The van der Waals surface area contributed by atoms with Crippen LogP contribution < -0.4 is 10.5 Å². The highest BCUT2D eigenvalue weighted by molar-refractivity contribution is 5.42. The molecule has 2 aromatic heterocycles. The minimum atomic E-state index is -0.330. The van der Waals surface area contributed by atoms with E-state index in [9.17, 15) is 9.90 Å². The second-order valence-electron chi connectivity index (χ2n) is 8.06. The molecule has 0 spiro atoms. The Hall–Kier alpha value is -3.16. The molecule has 1 fully saturated rings. The summed E-state index contributed by atoms with van der Waals surface area (Å²) < 4.78 is 6.89. The molecule has 32 heavy (non-hydrogen) atoms. The summed E-state index contributed by atoms with van der Waals surface area (Å²) in [6.45, 7) is 5.81. The first-order chi connectivity index (χ1) is 15.6. The van der Waals surface area contributed by atoms with Gasteiger partial charge in [-0.15, -0.1) is 0 Å². The summed E-state index contributed by atoms with van der Waals surface area (Å²) in [5.74, 6) is 1.01. The number of aromatic hydroxyl groups is 1. The van der Waals surface area contributed by atoms with Gasteiger partial charge in [0.25, 0.3) is 5.56 Å². The molecule has 3 aromatic rings. The normalized spacial score (nSPS) is 15.6. The zero-order valence-corrected chi connectivity index (χ0v) is 18.6. The maximum absolute atomic E-state index is 13.6. The van der Waals surface area contributed by atoms with Gasteiger partial charge in [-0.3, -0.25) is 9.69 Å². The van der Waals surface area contributed by atoms with Gasteiger partial charge in [-0.25, -0.2) is 4.98 Å². The Morgan fingerprint density at radius 2 is 1.78 bits per heavy atom. The van der Waals surface area contributed by atoms with Crippen molar-refractivity contribution in [3.8, 4) is 5.75 Å². The molecule has 1 atom stereocenters. The van der Waals surface area contributed by atoms with E-state index in [-0.39, 0.29) is 17.4 Å². The Kier molecular flexibility index (Phi) is 6.87. The van der Waals surface area contributed by atoms with Crippen LogP contribution in [0.3, 0.4) is 0 Å². The van der Waals surface area contributed by atoms with Gasteiger partial charge >= 0.3 is 0 Å². The van der Waals surface area contributed by atoms with Gasteiger partial charge in [0.2, 0.25) is 0 Å². The highest BCUT2D eigenvalue weighted by Crippen LogP contribution is 2.33. The molecule has 0 radical (unpaired) electrons. The third-order valence-electron chi connectivity index (χ3n) is 6.08. The Morgan fingerprint density at radius 1 is 1.06 bits per heavy atom. The van der Waals surface area contributed by atoms with Gasteiger partial charge in [-0.2, -0.15) is 0 Å². The Bertz CT molecular complexity index is 1080. The molecule has 0 aliphatic carbocycles. The highest BCUT2D eigenvalue weighted by Gasteiger charge is 2.31. The van der Waals surface area contributed by atoms with Gasteiger partial charge in [0.05, 0.1) is 18.2 Å². The van der Waals surface area contributed by atoms with Crippen molar-refractivity contribution in [2.75, 3.05) is 44.8 Å².